The lowest BCUT2D eigenvalue weighted by atomic mass is 9.81. The van der Waals surface area contributed by atoms with Gasteiger partial charge in [-0.25, -0.2) is 0 Å². The third kappa shape index (κ3) is 4.50. The molecule has 0 N–H and O–H groups in total. The first kappa shape index (κ1) is 18.3. The third-order valence-corrected chi connectivity index (χ3v) is 3.90. The maximum absolute atomic E-state index is 12.6. The number of ketones is 1. The van der Waals surface area contributed by atoms with Crippen LogP contribution in [0, 0.1) is 5.92 Å². The molecule has 6 nitrogen and oxygen atoms in total. The number of esters is 2. The van der Waals surface area contributed by atoms with Crippen molar-refractivity contribution in [2.45, 2.75) is 12.3 Å². The number of carbonyl (C=O) groups excluding carboxylic acids is 3. The zero-order valence-electron chi connectivity index (χ0n) is 14.0. The number of carbonyl (C=O) groups is 3. The van der Waals surface area contributed by atoms with E-state index in [2.05, 4.69) is 4.98 Å². The summed E-state index contributed by atoms with van der Waals surface area (Å²) < 4.78 is 9.52. The quantitative estimate of drug-likeness (QED) is 0.437. The molecule has 1 heterocycles. The monoisotopic (exact) mass is 341 g/mol. The van der Waals surface area contributed by atoms with Gasteiger partial charge >= 0.3 is 11.9 Å². The Bertz CT molecular complexity index is 714. The minimum absolute atomic E-state index is 0.0735. The molecule has 0 saturated carbocycles. The summed E-state index contributed by atoms with van der Waals surface area (Å²) in [5, 5.41) is 0. The summed E-state index contributed by atoms with van der Waals surface area (Å²) in [6.07, 6.45) is 1.44. The number of nitrogens with zero attached hydrogens (tertiary/aromatic N) is 1. The van der Waals surface area contributed by atoms with Crippen molar-refractivity contribution in [2.24, 2.45) is 5.92 Å². The predicted molar refractivity (Wildman–Crippen MR) is 89.9 cm³/mol. The van der Waals surface area contributed by atoms with Crippen molar-refractivity contribution in [3.8, 4) is 0 Å². The van der Waals surface area contributed by atoms with Crippen LogP contribution in [0.4, 0.5) is 0 Å². The summed E-state index contributed by atoms with van der Waals surface area (Å²) in [7, 11) is 2.39. The highest BCUT2D eigenvalue weighted by Gasteiger charge is 2.39. The van der Waals surface area contributed by atoms with E-state index in [0.29, 0.717) is 5.56 Å². The standard InChI is InChI=1S/C19H19NO5/c1-24-18(22)17(19(23)25-2)14(13-8-4-3-5-9-13)12-16(21)15-10-6-7-11-20-15/h3-11,14,17H,12H2,1-2H3. The fourth-order valence-electron chi connectivity index (χ4n) is 2.64. The average Bonchev–Trinajstić information content (AvgIpc) is 2.68. The van der Waals surface area contributed by atoms with E-state index in [9.17, 15) is 14.4 Å². The lowest BCUT2D eigenvalue weighted by molar-refractivity contribution is -0.159. The number of hydrogen-bond acceptors (Lipinski definition) is 6. The molecule has 1 atom stereocenters. The van der Waals surface area contributed by atoms with Crippen molar-refractivity contribution < 1.29 is 23.9 Å². The molecule has 0 radical (unpaired) electrons. The molecule has 6 heteroatoms. The first-order chi connectivity index (χ1) is 12.1. The van der Waals surface area contributed by atoms with Crippen LogP contribution in [-0.2, 0) is 19.1 Å². The predicted octanol–water partition coefficient (Wildman–Crippen LogP) is 2.40. The maximum atomic E-state index is 12.6. The van der Waals surface area contributed by atoms with Crippen LogP contribution in [0.15, 0.2) is 54.7 Å². The van der Waals surface area contributed by atoms with Crippen LogP contribution in [0.1, 0.15) is 28.4 Å². The smallest absolute Gasteiger partial charge is 0.320 e. The number of benzene rings is 1. The Morgan fingerprint density at radius 2 is 1.52 bits per heavy atom. The van der Waals surface area contributed by atoms with Crippen molar-refractivity contribution in [3.05, 3.63) is 66.0 Å². The van der Waals surface area contributed by atoms with Crippen molar-refractivity contribution >= 4 is 17.7 Å². The van der Waals surface area contributed by atoms with Crippen LogP contribution < -0.4 is 0 Å². The van der Waals surface area contributed by atoms with Crippen LogP contribution in [0.5, 0.6) is 0 Å². The van der Waals surface area contributed by atoms with E-state index < -0.39 is 23.8 Å². The van der Waals surface area contributed by atoms with E-state index in [-0.39, 0.29) is 17.9 Å². The van der Waals surface area contributed by atoms with E-state index in [1.54, 1.807) is 42.5 Å². The number of rotatable bonds is 7. The Labute approximate surface area is 145 Å². The largest absolute Gasteiger partial charge is 0.468 e. The van der Waals surface area contributed by atoms with Gasteiger partial charge < -0.3 is 9.47 Å². The SMILES string of the molecule is COC(=O)C(C(=O)OC)C(CC(=O)c1ccccn1)c1ccccc1. The van der Waals surface area contributed by atoms with Gasteiger partial charge in [0, 0.05) is 18.5 Å². The van der Waals surface area contributed by atoms with Crippen LogP contribution in [0.3, 0.4) is 0 Å². The molecule has 1 aromatic carbocycles. The summed E-state index contributed by atoms with van der Waals surface area (Å²) in [6.45, 7) is 0. The highest BCUT2D eigenvalue weighted by atomic mass is 16.5. The zero-order chi connectivity index (χ0) is 18.2. The molecule has 2 rings (SSSR count). The Kier molecular flexibility index (Phi) is 6.39. The maximum Gasteiger partial charge on any atom is 0.320 e. The normalized spacial score (nSPS) is 11.6. The molecule has 0 fully saturated rings. The Morgan fingerprint density at radius 1 is 0.920 bits per heavy atom. The van der Waals surface area contributed by atoms with Gasteiger partial charge in [-0.05, 0) is 17.7 Å². The van der Waals surface area contributed by atoms with Crippen molar-refractivity contribution in [1.82, 2.24) is 4.98 Å². The highest BCUT2D eigenvalue weighted by Crippen LogP contribution is 2.31. The molecule has 2 aromatic rings. The minimum atomic E-state index is -1.23. The van der Waals surface area contributed by atoms with Gasteiger partial charge in [0.2, 0.25) is 0 Å². The van der Waals surface area contributed by atoms with E-state index in [0.717, 1.165) is 0 Å². The Morgan fingerprint density at radius 3 is 2.04 bits per heavy atom. The zero-order valence-corrected chi connectivity index (χ0v) is 14.0. The van der Waals surface area contributed by atoms with Gasteiger partial charge in [-0.2, -0.15) is 0 Å². The van der Waals surface area contributed by atoms with Gasteiger partial charge in [-0.15, -0.1) is 0 Å². The van der Waals surface area contributed by atoms with Gasteiger partial charge in [0.25, 0.3) is 0 Å². The lowest BCUT2D eigenvalue weighted by Crippen LogP contribution is -2.33. The Balaban J connectivity index is 2.40. The van der Waals surface area contributed by atoms with Gasteiger partial charge in [-0.1, -0.05) is 36.4 Å². The number of Topliss-reactive ketones (excluding diaryl/α,β-unsaturated/α-hetero) is 1. The number of methoxy groups -OCH3 is 2. The molecule has 130 valence electrons. The second-order valence-corrected chi connectivity index (χ2v) is 5.38. The average molecular weight is 341 g/mol. The molecule has 25 heavy (non-hydrogen) atoms. The number of pyridine rings is 1. The van der Waals surface area contributed by atoms with Gasteiger partial charge in [0.1, 0.15) is 5.69 Å². The lowest BCUT2D eigenvalue weighted by Gasteiger charge is -2.23. The summed E-state index contributed by atoms with van der Waals surface area (Å²) in [5.74, 6) is -3.70. The number of hydrogen-bond donors (Lipinski definition) is 0. The molecule has 0 saturated heterocycles. The fourth-order valence-corrected chi connectivity index (χ4v) is 2.64. The minimum Gasteiger partial charge on any atom is -0.468 e. The van der Waals surface area contributed by atoms with Crippen LogP contribution in [0.25, 0.3) is 0 Å². The summed E-state index contributed by atoms with van der Waals surface area (Å²) in [4.78, 5) is 41.0. The molecular weight excluding hydrogens is 322 g/mol. The van der Waals surface area contributed by atoms with E-state index >= 15 is 0 Å². The van der Waals surface area contributed by atoms with Crippen molar-refractivity contribution in [3.63, 3.8) is 0 Å². The van der Waals surface area contributed by atoms with Crippen molar-refractivity contribution in [1.29, 1.82) is 0 Å². The van der Waals surface area contributed by atoms with Crippen LogP contribution in [0.2, 0.25) is 0 Å². The molecule has 1 aromatic heterocycles. The first-order valence-electron chi connectivity index (χ1n) is 7.73. The molecule has 0 amide bonds. The molecule has 0 bridgehead atoms. The van der Waals surface area contributed by atoms with Crippen molar-refractivity contribution in [2.75, 3.05) is 14.2 Å². The van der Waals surface area contributed by atoms with Crippen LogP contribution >= 0.6 is 0 Å². The number of aromatic nitrogens is 1. The molecule has 0 aliphatic rings. The number of ether oxygens (including phenoxy) is 2. The van der Waals surface area contributed by atoms with Gasteiger partial charge in [0.05, 0.1) is 14.2 Å². The van der Waals surface area contributed by atoms with Gasteiger partial charge in [-0.3, -0.25) is 19.4 Å². The highest BCUT2D eigenvalue weighted by molar-refractivity contribution is 5.99. The van der Waals surface area contributed by atoms with Crippen LogP contribution in [-0.4, -0.2) is 36.9 Å². The van der Waals surface area contributed by atoms with E-state index in [1.807, 2.05) is 6.07 Å². The van der Waals surface area contributed by atoms with E-state index in [1.165, 1.54) is 20.4 Å². The summed E-state index contributed by atoms with van der Waals surface area (Å²) in [5.41, 5.74) is 0.949. The molecule has 0 aliphatic carbocycles. The second kappa shape index (κ2) is 8.73. The summed E-state index contributed by atoms with van der Waals surface area (Å²) >= 11 is 0. The first-order valence-corrected chi connectivity index (χ1v) is 7.73. The van der Waals surface area contributed by atoms with E-state index in [4.69, 9.17) is 9.47 Å². The van der Waals surface area contributed by atoms with Gasteiger partial charge in [0.15, 0.2) is 11.7 Å². The topological polar surface area (TPSA) is 82.6 Å². The molecule has 1 unspecified atom stereocenters. The molecule has 0 spiro atoms. The second-order valence-electron chi connectivity index (χ2n) is 5.38. The molecule has 0 aliphatic heterocycles. The fraction of sp³-hybridized carbons (Fsp3) is 0.263. The third-order valence-electron chi connectivity index (χ3n) is 3.90. The Hall–Kier alpha value is -3.02. The summed E-state index contributed by atoms with van der Waals surface area (Å²) in [6, 6.07) is 13.9. The molecular formula is C19H19NO5.